The molecule has 0 aliphatic carbocycles. The first kappa shape index (κ1) is 7.66. The third-order valence-electron chi connectivity index (χ3n) is 1.13. The Labute approximate surface area is 49.5 Å². The van der Waals surface area contributed by atoms with Crippen molar-refractivity contribution in [2.45, 2.75) is 13.0 Å². The molecule has 0 unspecified atom stereocenters. The van der Waals surface area contributed by atoms with E-state index in [1.807, 2.05) is 0 Å². The number of hydrogen-bond acceptors (Lipinski definition) is 2. The molecular formula is C6H12O2. The van der Waals surface area contributed by atoms with E-state index in [1.165, 1.54) is 0 Å². The Morgan fingerprint density at radius 3 is 2.25 bits per heavy atom. The van der Waals surface area contributed by atoms with Crippen LogP contribution in [0.3, 0.4) is 0 Å². The van der Waals surface area contributed by atoms with E-state index in [4.69, 9.17) is 10.2 Å². The molecule has 0 aliphatic heterocycles. The van der Waals surface area contributed by atoms with Crippen LogP contribution in [0.2, 0.25) is 0 Å². The summed E-state index contributed by atoms with van der Waals surface area (Å²) in [7, 11) is 0. The molecule has 2 heteroatoms. The molecule has 2 N–H and O–H groups in total. The quantitative estimate of drug-likeness (QED) is 0.516. The van der Waals surface area contributed by atoms with E-state index in [2.05, 4.69) is 6.58 Å². The predicted octanol–water partition coefficient (Wildman–Crippen LogP) is 0.162. The second-order valence-corrected chi connectivity index (χ2v) is 1.82. The highest BCUT2D eigenvalue weighted by Gasteiger charge is 2.07. The first-order valence-corrected chi connectivity index (χ1v) is 2.63. The monoisotopic (exact) mass is 116 g/mol. The van der Waals surface area contributed by atoms with Crippen molar-refractivity contribution in [2.75, 3.05) is 6.61 Å². The fraction of sp³-hybridized carbons (Fsp3) is 0.667. The molecule has 0 bridgehead atoms. The highest BCUT2D eigenvalue weighted by Crippen LogP contribution is 2.01. The van der Waals surface area contributed by atoms with Gasteiger partial charge in [0.1, 0.15) is 0 Å². The second kappa shape index (κ2) is 3.64. The smallest absolute Gasteiger partial charge is 0.0596 e. The lowest BCUT2D eigenvalue weighted by Gasteiger charge is -2.10. The predicted molar refractivity (Wildman–Crippen MR) is 32.5 cm³/mol. The van der Waals surface area contributed by atoms with Crippen molar-refractivity contribution in [3.05, 3.63) is 12.7 Å². The number of aliphatic hydroxyl groups is 2. The van der Waals surface area contributed by atoms with Crippen LogP contribution in [0.5, 0.6) is 0 Å². The van der Waals surface area contributed by atoms with Crippen LogP contribution in [-0.4, -0.2) is 22.9 Å². The number of rotatable bonds is 3. The Hall–Kier alpha value is -0.340. The maximum absolute atomic E-state index is 8.78. The summed E-state index contributed by atoms with van der Waals surface area (Å²) in [6.07, 6.45) is 1.06. The van der Waals surface area contributed by atoms with Gasteiger partial charge in [-0.05, 0) is 6.92 Å². The Morgan fingerprint density at radius 1 is 1.75 bits per heavy atom. The summed E-state index contributed by atoms with van der Waals surface area (Å²) in [5.41, 5.74) is 0. The molecule has 0 fully saturated rings. The molecule has 0 spiro atoms. The molecule has 0 aromatic carbocycles. The normalized spacial score (nSPS) is 17.4. The molecule has 0 rings (SSSR count). The fourth-order valence-corrected chi connectivity index (χ4v) is 0.424. The first-order valence-electron chi connectivity index (χ1n) is 2.63. The minimum Gasteiger partial charge on any atom is -0.396 e. The minimum atomic E-state index is -0.488. The lowest BCUT2D eigenvalue weighted by atomic mass is 10.1. The van der Waals surface area contributed by atoms with Crippen molar-refractivity contribution < 1.29 is 10.2 Å². The van der Waals surface area contributed by atoms with Gasteiger partial charge in [-0.15, -0.1) is 6.58 Å². The standard InChI is InChI=1S/C6H12O2/c1-3-6(4-7)5(2)8/h3,5-8H,1,4H2,2H3/t5-,6-/m1/s1. The molecule has 0 saturated carbocycles. The van der Waals surface area contributed by atoms with Gasteiger partial charge >= 0.3 is 0 Å². The van der Waals surface area contributed by atoms with E-state index >= 15 is 0 Å². The summed E-state index contributed by atoms with van der Waals surface area (Å²) in [5, 5.41) is 17.2. The minimum absolute atomic E-state index is 0.0266. The van der Waals surface area contributed by atoms with Crippen molar-refractivity contribution in [3.8, 4) is 0 Å². The van der Waals surface area contributed by atoms with E-state index < -0.39 is 6.10 Å². The Morgan fingerprint density at radius 2 is 2.25 bits per heavy atom. The molecule has 2 nitrogen and oxygen atoms in total. The van der Waals surface area contributed by atoms with E-state index in [1.54, 1.807) is 13.0 Å². The van der Waals surface area contributed by atoms with Crippen LogP contribution in [0.1, 0.15) is 6.92 Å². The van der Waals surface area contributed by atoms with Crippen LogP contribution in [-0.2, 0) is 0 Å². The average molecular weight is 116 g/mol. The molecule has 8 heavy (non-hydrogen) atoms. The van der Waals surface area contributed by atoms with Crippen molar-refractivity contribution >= 4 is 0 Å². The van der Waals surface area contributed by atoms with Crippen molar-refractivity contribution in [1.29, 1.82) is 0 Å². The molecule has 0 aliphatic rings. The molecule has 48 valence electrons. The van der Waals surface area contributed by atoms with Gasteiger partial charge in [-0.3, -0.25) is 0 Å². The van der Waals surface area contributed by atoms with Gasteiger partial charge in [0, 0.05) is 5.92 Å². The summed E-state index contributed by atoms with van der Waals surface area (Å²) >= 11 is 0. The Kier molecular flexibility index (Phi) is 3.48. The highest BCUT2D eigenvalue weighted by molar-refractivity contribution is 4.81. The lowest BCUT2D eigenvalue weighted by Crippen LogP contribution is -2.17. The van der Waals surface area contributed by atoms with Crippen LogP contribution in [0, 0.1) is 5.92 Å². The van der Waals surface area contributed by atoms with Gasteiger partial charge in [0.05, 0.1) is 12.7 Å². The number of hydrogen-bond donors (Lipinski definition) is 2. The second-order valence-electron chi connectivity index (χ2n) is 1.82. The van der Waals surface area contributed by atoms with Crippen molar-refractivity contribution in [1.82, 2.24) is 0 Å². The van der Waals surface area contributed by atoms with Crippen molar-refractivity contribution in [2.24, 2.45) is 5.92 Å². The average Bonchev–Trinajstić information content (AvgIpc) is 1.69. The third kappa shape index (κ3) is 2.09. The Bertz CT molecular complexity index is 68.9. The zero-order chi connectivity index (χ0) is 6.57. The summed E-state index contributed by atoms with van der Waals surface area (Å²) in [4.78, 5) is 0. The number of aliphatic hydroxyl groups excluding tert-OH is 2. The van der Waals surface area contributed by atoms with Gasteiger partial charge in [-0.25, -0.2) is 0 Å². The fourth-order valence-electron chi connectivity index (χ4n) is 0.424. The molecule has 0 aromatic heterocycles. The lowest BCUT2D eigenvalue weighted by molar-refractivity contribution is 0.106. The van der Waals surface area contributed by atoms with Gasteiger partial charge in [0.15, 0.2) is 0 Å². The Balaban J connectivity index is 3.51. The first-order chi connectivity index (χ1) is 3.72. The molecule has 2 atom stereocenters. The summed E-state index contributed by atoms with van der Waals surface area (Å²) in [6, 6.07) is 0. The van der Waals surface area contributed by atoms with Gasteiger partial charge in [0.25, 0.3) is 0 Å². The highest BCUT2D eigenvalue weighted by atomic mass is 16.3. The van der Waals surface area contributed by atoms with Crippen molar-refractivity contribution in [3.63, 3.8) is 0 Å². The largest absolute Gasteiger partial charge is 0.396 e. The van der Waals surface area contributed by atoms with Gasteiger partial charge < -0.3 is 10.2 Å². The molecule has 0 aromatic rings. The SMILES string of the molecule is C=C[C@H](CO)[C@@H](C)O. The zero-order valence-corrected chi connectivity index (χ0v) is 5.04. The van der Waals surface area contributed by atoms with Crippen LogP contribution in [0.4, 0.5) is 0 Å². The van der Waals surface area contributed by atoms with Gasteiger partial charge in [-0.2, -0.15) is 0 Å². The molecule has 0 heterocycles. The summed E-state index contributed by atoms with van der Waals surface area (Å²) in [6.45, 7) is 5.03. The van der Waals surface area contributed by atoms with Gasteiger partial charge in [0.2, 0.25) is 0 Å². The molecule has 0 saturated heterocycles. The van der Waals surface area contributed by atoms with E-state index in [-0.39, 0.29) is 12.5 Å². The summed E-state index contributed by atoms with van der Waals surface area (Å²) < 4.78 is 0. The zero-order valence-electron chi connectivity index (χ0n) is 5.04. The van der Waals surface area contributed by atoms with Crippen LogP contribution in [0.25, 0.3) is 0 Å². The summed E-state index contributed by atoms with van der Waals surface area (Å²) in [5.74, 6) is -0.171. The van der Waals surface area contributed by atoms with Crippen LogP contribution >= 0.6 is 0 Å². The van der Waals surface area contributed by atoms with Gasteiger partial charge in [-0.1, -0.05) is 6.08 Å². The topological polar surface area (TPSA) is 40.5 Å². The van der Waals surface area contributed by atoms with Crippen LogP contribution in [0.15, 0.2) is 12.7 Å². The maximum atomic E-state index is 8.78. The molecule has 0 amide bonds. The molecule has 0 radical (unpaired) electrons. The van der Waals surface area contributed by atoms with E-state index in [0.717, 1.165) is 0 Å². The molecular weight excluding hydrogens is 104 g/mol. The van der Waals surface area contributed by atoms with E-state index in [9.17, 15) is 0 Å². The van der Waals surface area contributed by atoms with E-state index in [0.29, 0.717) is 0 Å². The third-order valence-corrected chi connectivity index (χ3v) is 1.13. The maximum Gasteiger partial charge on any atom is 0.0596 e. The van der Waals surface area contributed by atoms with Crippen LogP contribution < -0.4 is 0 Å².